The van der Waals surface area contributed by atoms with Crippen LogP contribution in [0.4, 0.5) is 0 Å². The van der Waals surface area contributed by atoms with Crippen LogP contribution in [0.3, 0.4) is 0 Å². The number of rotatable bonds is 18. The number of aliphatic hydroxyl groups is 3. The monoisotopic (exact) mass is 670 g/mol. The third kappa shape index (κ3) is 12.2. The van der Waals surface area contributed by atoms with Crippen molar-refractivity contribution in [2.75, 3.05) is 19.7 Å². The molecule has 4 N–H and O–H groups in total. The van der Waals surface area contributed by atoms with Crippen molar-refractivity contribution in [3.8, 4) is 0 Å². The van der Waals surface area contributed by atoms with Crippen LogP contribution in [0.2, 0.25) is 0 Å². The van der Waals surface area contributed by atoms with Gasteiger partial charge in [-0.1, -0.05) is 54.7 Å². The maximum Gasteiger partial charge on any atom is 0.233 e. The number of imide groups is 1. The first-order valence-corrected chi connectivity index (χ1v) is 16.1. The minimum atomic E-state index is -1.33. The standard InChI is InChI=1S/C32H50N2O10.3CH4/c1-4-22(35)15-17-34-30(41)25-19(2)11-12-21(26(25)31(34)42)13-14-24(37)33-16-8-10-23(36)9-6-5-7-18-43-32-29(40)28(39)27(38)20(3)44-32;;;/h11-12,19-21,25-29,32,38-40H,4-10,13-18H2,1-3H3,(H,33,37);3*1H4/t19?,20?,21?,25?,26?,27-,28-,29?,32+;;;/m0.../s1. The van der Waals surface area contributed by atoms with Gasteiger partial charge in [0, 0.05) is 51.8 Å². The molecule has 12 heteroatoms. The van der Waals surface area contributed by atoms with Gasteiger partial charge in [0.25, 0.3) is 0 Å². The maximum absolute atomic E-state index is 13.2. The largest absolute Gasteiger partial charge is 0.388 e. The molecule has 6 unspecified atom stereocenters. The zero-order valence-electron chi connectivity index (χ0n) is 26.2. The lowest BCUT2D eigenvalue weighted by atomic mass is 9.71. The van der Waals surface area contributed by atoms with Gasteiger partial charge in [0.05, 0.1) is 17.9 Å². The lowest BCUT2D eigenvalue weighted by Gasteiger charge is -2.38. The van der Waals surface area contributed by atoms with E-state index in [2.05, 4.69) is 5.32 Å². The molecule has 3 amide bonds. The summed E-state index contributed by atoms with van der Waals surface area (Å²) in [7, 11) is 0. The van der Waals surface area contributed by atoms with Crippen LogP contribution in [-0.4, -0.2) is 99.9 Å². The minimum absolute atomic E-state index is 0. The van der Waals surface area contributed by atoms with Crippen LogP contribution in [0.5, 0.6) is 0 Å². The van der Waals surface area contributed by atoms with Crippen LogP contribution in [0.25, 0.3) is 0 Å². The summed E-state index contributed by atoms with van der Waals surface area (Å²) in [5.41, 5.74) is 0. The number of ketones is 2. The van der Waals surface area contributed by atoms with Crippen molar-refractivity contribution >= 4 is 29.3 Å². The number of nitrogens with one attached hydrogen (secondary N) is 1. The summed E-state index contributed by atoms with van der Waals surface area (Å²) in [6, 6.07) is 0. The Morgan fingerprint density at radius 1 is 0.830 bits per heavy atom. The smallest absolute Gasteiger partial charge is 0.233 e. The molecular formula is C35H62N2O10. The normalized spacial score (nSPS) is 29.7. The zero-order chi connectivity index (χ0) is 32.4. The summed E-state index contributed by atoms with van der Waals surface area (Å²) in [5.74, 6) is -1.78. The third-order valence-electron chi connectivity index (χ3n) is 9.04. The molecule has 0 aromatic heterocycles. The number of carbonyl (C=O) groups is 5. The highest BCUT2D eigenvalue weighted by molar-refractivity contribution is 6.06. The first kappa shape index (κ1) is 44.5. The van der Waals surface area contributed by atoms with Crippen LogP contribution in [0.1, 0.15) is 107 Å². The van der Waals surface area contributed by atoms with Gasteiger partial charge in [0.1, 0.15) is 29.9 Å². The Balaban J connectivity index is 0.00000705. The predicted molar refractivity (Wildman–Crippen MR) is 179 cm³/mol. The van der Waals surface area contributed by atoms with Gasteiger partial charge in [-0.15, -0.1) is 0 Å². The number of hydrogen-bond donors (Lipinski definition) is 4. The first-order chi connectivity index (χ1) is 21.0. The second kappa shape index (κ2) is 21.5. The fraction of sp³-hybridized carbons (Fsp3) is 0.800. The number of aliphatic hydroxyl groups excluding tert-OH is 3. The van der Waals surface area contributed by atoms with E-state index >= 15 is 0 Å². The first-order valence-electron chi connectivity index (χ1n) is 16.1. The van der Waals surface area contributed by atoms with Crippen molar-refractivity contribution in [1.29, 1.82) is 0 Å². The SMILES string of the molecule is C.C.C.CCC(=O)CCN1C(=O)C2C(C)C=CC(CCC(=O)NCCCC(=O)CCCCCO[C@@H]3OC(C)[C@H](O)[C@H](O)C3O)C2C1=O. The summed E-state index contributed by atoms with van der Waals surface area (Å²) < 4.78 is 10.9. The highest BCUT2D eigenvalue weighted by atomic mass is 16.7. The second-order valence-corrected chi connectivity index (χ2v) is 12.3. The van der Waals surface area contributed by atoms with E-state index in [1.807, 2.05) is 19.1 Å². The van der Waals surface area contributed by atoms with E-state index in [-0.39, 0.29) is 89.4 Å². The van der Waals surface area contributed by atoms with Crippen molar-refractivity contribution in [1.82, 2.24) is 10.2 Å². The molecule has 0 aromatic carbocycles. The number of carbonyl (C=O) groups excluding carboxylic acids is 5. The van der Waals surface area contributed by atoms with E-state index in [9.17, 15) is 39.3 Å². The van der Waals surface area contributed by atoms with Gasteiger partial charge in [-0.3, -0.25) is 28.9 Å². The molecule has 0 radical (unpaired) electrons. The summed E-state index contributed by atoms with van der Waals surface area (Å²) in [4.78, 5) is 63.9. The lowest BCUT2D eigenvalue weighted by molar-refractivity contribution is -0.293. The van der Waals surface area contributed by atoms with E-state index in [4.69, 9.17) is 9.47 Å². The topological polar surface area (TPSA) is 180 Å². The van der Waals surface area contributed by atoms with Crippen LogP contribution in [0.15, 0.2) is 12.2 Å². The number of ether oxygens (including phenoxy) is 2. The molecule has 2 aliphatic heterocycles. The molecule has 9 atom stereocenters. The third-order valence-corrected chi connectivity index (χ3v) is 9.04. The predicted octanol–water partition coefficient (Wildman–Crippen LogP) is 3.34. The number of allylic oxidation sites excluding steroid dienone is 2. The van der Waals surface area contributed by atoms with E-state index in [1.165, 1.54) is 4.90 Å². The van der Waals surface area contributed by atoms with Crippen LogP contribution < -0.4 is 5.32 Å². The van der Waals surface area contributed by atoms with Crippen molar-refractivity contribution in [3.05, 3.63) is 12.2 Å². The van der Waals surface area contributed by atoms with Gasteiger partial charge in [0.15, 0.2) is 6.29 Å². The molecule has 272 valence electrons. The molecule has 1 aliphatic carbocycles. The van der Waals surface area contributed by atoms with Crippen molar-refractivity contribution < 1.29 is 48.8 Å². The van der Waals surface area contributed by atoms with E-state index in [1.54, 1.807) is 13.8 Å². The number of nitrogens with zero attached hydrogens (tertiary/aromatic N) is 1. The van der Waals surface area contributed by atoms with Gasteiger partial charge in [-0.2, -0.15) is 0 Å². The molecule has 2 heterocycles. The highest BCUT2D eigenvalue weighted by Gasteiger charge is 2.53. The molecule has 0 spiro atoms. The molecule has 0 bridgehead atoms. The number of hydrogen-bond acceptors (Lipinski definition) is 10. The van der Waals surface area contributed by atoms with Crippen LogP contribution in [0, 0.1) is 23.7 Å². The summed E-state index contributed by atoms with van der Waals surface area (Å²) in [6.45, 7) is 6.04. The van der Waals surface area contributed by atoms with Gasteiger partial charge < -0.3 is 30.1 Å². The minimum Gasteiger partial charge on any atom is -0.388 e. The van der Waals surface area contributed by atoms with Gasteiger partial charge in [0.2, 0.25) is 17.7 Å². The summed E-state index contributed by atoms with van der Waals surface area (Å²) in [6.07, 6.45) is 2.96. The Labute approximate surface area is 281 Å². The molecule has 0 saturated carbocycles. The quantitative estimate of drug-likeness (QED) is 0.0960. The molecule has 47 heavy (non-hydrogen) atoms. The Morgan fingerprint density at radius 3 is 2.17 bits per heavy atom. The fourth-order valence-corrected chi connectivity index (χ4v) is 6.22. The highest BCUT2D eigenvalue weighted by Crippen LogP contribution is 2.43. The number of Topliss-reactive ketones (excluding diaryl/α,β-unsaturated/α-hetero) is 2. The molecular weight excluding hydrogens is 608 g/mol. The summed E-state index contributed by atoms with van der Waals surface area (Å²) in [5, 5.41) is 32.4. The average molecular weight is 671 g/mol. The Morgan fingerprint density at radius 2 is 1.49 bits per heavy atom. The summed E-state index contributed by atoms with van der Waals surface area (Å²) >= 11 is 0. The van der Waals surface area contributed by atoms with Crippen molar-refractivity contribution in [3.63, 3.8) is 0 Å². The molecule has 2 saturated heterocycles. The van der Waals surface area contributed by atoms with E-state index < -0.39 is 42.5 Å². The van der Waals surface area contributed by atoms with Crippen LogP contribution >= 0.6 is 0 Å². The zero-order valence-corrected chi connectivity index (χ0v) is 26.2. The van der Waals surface area contributed by atoms with Crippen LogP contribution in [-0.2, 0) is 33.4 Å². The molecule has 2 fully saturated rings. The van der Waals surface area contributed by atoms with Gasteiger partial charge in [-0.25, -0.2) is 0 Å². The molecule has 12 nitrogen and oxygen atoms in total. The number of unbranched alkanes of at least 4 members (excludes halogenated alkanes) is 2. The number of likely N-dealkylation sites (tertiary alicyclic amines) is 1. The Bertz CT molecular complexity index is 1050. The average Bonchev–Trinajstić information content (AvgIpc) is 3.26. The number of amides is 3. The van der Waals surface area contributed by atoms with E-state index in [0.29, 0.717) is 51.5 Å². The Hall–Kier alpha value is -2.51. The second-order valence-electron chi connectivity index (χ2n) is 12.3. The van der Waals surface area contributed by atoms with Crippen molar-refractivity contribution in [2.45, 2.75) is 138 Å². The fourth-order valence-electron chi connectivity index (χ4n) is 6.22. The van der Waals surface area contributed by atoms with Gasteiger partial charge in [-0.05, 0) is 44.4 Å². The van der Waals surface area contributed by atoms with Gasteiger partial charge >= 0.3 is 0 Å². The number of fused-ring (bicyclic) bond motifs is 1. The van der Waals surface area contributed by atoms with E-state index in [0.717, 1.165) is 6.42 Å². The maximum atomic E-state index is 13.2. The molecule has 3 aliphatic rings. The molecule has 0 aromatic rings. The Kier molecular flexibility index (Phi) is 20.3. The lowest BCUT2D eigenvalue weighted by Crippen LogP contribution is -2.57. The molecule has 3 rings (SSSR count). The van der Waals surface area contributed by atoms with Crippen molar-refractivity contribution in [2.24, 2.45) is 23.7 Å².